The molecule has 2 saturated carbocycles. The van der Waals surface area contributed by atoms with Crippen LogP contribution in [0.5, 0.6) is 0 Å². The van der Waals surface area contributed by atoms with Gasteiger partial charge in [0.2, 0.25) is 4.77 Å². The van der Waals surface area contributed by atoms with E-state index < -0.39 is 0 Å². The first-order chi connectivity index (χ1) is 7.84. The molecule has 5 heteroatoms. The van der Waals surface area contributed by atoms with Gasteiger partial charge in [-0.05, 0) is 55.2 Å². The highest BCUT2D eigenvalue weighted by Gasteiger charge is 2.53. The maximum Gasteiger partial charge on any atom is 0.238 e. The molecule has 3 aliphatic rings. The Labute approximate surface area is 98.7 Å². The molecule has 3 aliphatic carbocycles. The third-order valence-electron chi connectivity index (χ3n) is 4.80. The van der Waals surface area contributed by atoms with E-state index in [2.05, 4.69) is 27.7 Å². The third-order valence-corrected chi connectivity index (χ3v) is 5.08. The summed E-state index contributed by atoms with van der Waals surface area (Å²) in [7, 11) is 0. The Morgan fingerprint density at radius 1 is 1.38 bits per heavy atom. The molecule has 0 radical (unpaired) electrons. The smallest absolute Gasteiger partial charge is 0.238 e. The van der Waals surface area contributed by atoms with Crippen molar-refractivity contribution in [1.82, 2.24) is 20.2 Å². The van der Waals surface area contributed by atoms with Gasteiger partial charge in [-0.25, -0.2) is 4.68 Å². The zero-order valence-electron chi connectivity index (χ0n) is 8.91. The van der Waals surface area contributed by atoms with Gasteiger partial charge in [-0.15, -0.1) is 0 Å². The van der Waals surface area contributed by atoms with Crippen molar-refractivity contribution in [3.8, 4) is 0 Å². The van der Waals surface area contributed by atoms with E-state index >= 15 is 0 Å². The Hall–Kier alpha value is -0.970. The average Bonchev–Trinajstić information content (AvgIpc) is 2.97. The number of aromatic nitrogens is 4. The number of nitrogens with zero attached hydrogens (tertiary/aromatic N) is 3. The third kappa shape index (κ3) is 1.02. The minimum atomic E-state index is 0.511. The van der Waals surface area contributed by atoms with Crippen LogP contribution in [0.15, 0.2) is 12.2 Å². The minimum absolute atomic E-state index is 0.511. The van der Waals surface area contributed by atoms with Crippen LogP contribution in [0, 0.1) is 28.4 Å². The molecule has 5 atom stereocenters. The second-order valence-electron chi connectivity index (χ2n) is 5.32. The second-order valence-corrected chi connectivity index (χ2v) is 5.69. The average molecular weight is 234 g/mol. The number of allylic oxidation sites excluding steroid dienone is 2. The lowest BCUT2D eigenvalue weighted by molar-refractivity contribution is 0.199. The lowest BCUT2D eigenvalue weighted by atomic mass is 9.79. The summed E-state index contributed by atoms with van der Waals surface area (Å²) in [5.74, 6) is 3.35. The predicted molar refractivity (Wildman–Crippen MR) is 61.2 cm³/mol. The predicted octanol–water partition coefficient (Wildman–Crippen LogP) is 2.11. The first kappa shape index (κ1) is 9.10. The maximum atomic E-state index is 5.20. The van der Waals surface area contributed by atoms with Crippen LogP contribution in [0.2, 0.25) is 0 Å². The summed E-state index contributed by atoms with van der Waals surface area (Å²) >= 11 is 5.20. The van der Waals surface area contributed by atoms with Gasteiger partial charge >= 0.3 is 0 Å². The van der Waals surface area contributed by atoms with Crippen LogP contribution in [-0.2, 0) is 0 Å². The first-order valence-corrected chi connectivity index (χ1v) is 6.41. The summed E-state index contributed by atoms with van der Waals surface area (Å²) in [4.78, 5) is 0. The number of hydrogen-bond acceptors (Lipinski definition) is 3. The van der Waals surface area contributed by atoms with E-state index in [0.29, 0.717) is 10.8 Å². The van der Waals surface area contributed by atoms with Gasteiger partial charge in [0.25, 0.3) is 0 Å². The summed E-state index contributed by atoms with van der Waals surface area (Å²) in [6, 6.07) is 0.511. The van der Waals surface area contributed by atoms with Crippen molar-refractivity contribution < 1.29 is 0 Å². The van der Waals surface area contributed by atoms with Gasteiger partial charge in [0.05, 0.1) is 6.04 Å². The minimum Gasteiger partial charge on any atom is -0.239 e. The van der Waals surface area contributed by atoms with Crippen molar-refractivity contribution in [2.24, 2.45) is 23.7 Å². The molecule has 4 rings (SSSR count). The molecule has 1 aromatic heterocycles. The highest BCUT2D eigenvalue weighted by molar-refractivity contribution is 7.71. The van der Waals surface area contributed by atoms with Crippen LogP contribution in [0.1, 0.15) is 25.3 Å². The molecule has 1 aromatic rings. The van der Waals surface area contributed by atoms with Crippen LogP contribution >= 0.6 is 12.2 Å². The van der Waals surface area contributed by atoms with E-state index in [1.807, 2.05) is 4.68 Å². The molecule has 0 unspecified atom stereocenters. The Bertz CT molecular complexity index is 502. The summed E-state index contributed by atoms with van der Waals surface area (Å²) in [6.07, 6.45) is 8.71. The fraction of sp³-hybridized carbons (Fsp3) is 0.727. The van der Waals surface area contributed by atoms with Gasteiger partial charge in [-0.3, -0.25) is 0 Å². The van der Waals surface area contributed by atoms with E-state index in [0.717, 1.165) is 23.7 Å². The van der Waals surface area contributed by atoms with Gasteiger partial charge < -0.3 is 0 Å². The lowest BCUT2D eigenvalue weighted by Crippen LogP contribution is -2.27. The van der Waals surface area contributed by atoms with E-state index in [4.69, 9.17) is 12.2 Å². The molecule has 1 N–H and O–H groups in total. The Kier molecular flexibility index (Phi) is 1.72. The molecular weight excluding hydrogens is 220 g/mol. The van der Waals surface area contributed by atoms with E-state index in [-0.39, 0.29) is 0 Å². The van der Waals surface area contributed by atoms with Crippen LogP contribution in [0.4, 0.5) is 0 Å². The number of tetrazole rings is 1. The summed E-state index contributed by atoms with van der Waals surface area (Å²) in [5.41, 5.74) is 0. The van der Waals surface area contributed by atoms with Gasteiger partial charge in [0, 0.05) is 0 Å². The number of fused-ring (bicyclic) bond motifs is 5. The van der Waals surface area contributed by atoms with E-state index in [9.17, 15) is 0 Å². The molecule has 0 aromatic carbocycles. The molecule has 84 valence electrons. The molecule has 0 aliphatic heterocycles. The number of nitrogens with one attached hydrogen (secondary N) is 1. The van der Waals surface area contributed by atoms with Crippen molar-refractivity contribution in [1.29, 1.82) is 0 Å². The van der Waals surface area contributed by atoms with Crippen molar-refractivity contribution in [2.45, 2.75) is 25.3 Å². The number of rotatable bonds is 1. The molecule has 2 fully saturated rings. The monoisotopic (exact) mass is 234 g/mol. The summed E-state index contributed by atoms with van der Waals surface area (Å²) in [5, 5.41) is 10.6. The normalized spacial score (nSPS) is 44.1. The highest BCUT2D eigenvalue weighted by atomic mass is 32.1. The molecule has 0 amide bonds. The molecule has 0 saturated heterocycles. The van der Waals surface area contributed by atoms with Crippen molar-refractivity contribution in [2.75, 3.05) is 0 Å². The van der Waals surface area contributed by atoms with E-state index in [1.54, 1.807) is 0 Å². The van der Waals surface area contributed by atoms with Gasteiger partial charge in [0.15, 0.2) is 0 Å². The highest BCUT2D eigenvalue weighted by Crippen LogP contribution is 2.60. The summed E-state index contributed by atoms with van der Waals surface area (Å²) in [6.45, 7) is 0. The zero-order chi connectivity index (χ0) is 10.7. The lowest BCUT2D eigenvalue weighted by Gasteiger charge is -2.31. The van der Waals surface area contributed by atoms with Crippen molar-refractivity contribution in [3.63, 3.8) is 0 Å². The Morgan fingerprint density at radius 2 is 2.31 bits per heavy atom. The fourth-order valence-corrected chi connectivity index (χ4v) is 4.44. The zero-order valence-corrected chi connectivity index (χ0v) is 9.73. The SMILES string of the molecule is S=c1nn[nH]n1[C@@H]1C[C@@H]2C[C@@H]1[C@H]1C=CC[C@@H]21. The molecule has 0 spiro atoms. The second kappa shape index (κ2) is 3.03. The van der Waals surface area contributed by atoms with Crippen LogP contribution in [-0.4, -0.2) is 20.2 Å². The number of hydrogen-bond donors (Lipinski definition) is 1. The largest absolute Gasteiger partial charge is 0.239 e. The Morgan fingerprint density at radius 3 is 3.12 bits per heavy atom. The molecule has 2 bridgehead atoms. The molecular formula is C11H14N4S. The van der Waals surface area contributed by atoms with E-state index in [1.165, 1.54) is 19.3 Å². The van der Waals surface area contributed by atoms with Gasteiger partial charge in [-0.1, -0.05) is 22.5 Å². The van der Waals surface area contributed by atoms with Crippen LogP contribution in [0.25, 0.3) is 0 Å². The fourth-order valence-electron chi connectivity index (χ4n) is 4.23. The number of H-pyrrole nitrogens is 1. The van der Waals surface area contributed by atoms with Crippen LogP contribution < -0.4 is 0 Å². The summed E-state index contributed by atoms with van der Waals surface area (Å²) < 4.78 is 2.61. The van der Waals surface area contributed by atoms with Gasteiger partial charge in [0.1, 0.15) is 0 Å². The quantitative estimate of drug-likeness (QED) is 0.598. The van der Waals surface area contributed by atoms with Gasteiger partial charge in [-0.2, -0.15) is 5.21 Å². The number of aromatic amines is 1. The molecule has 16 heavy (non-hydrogen) atoms. The topological polar surface area (TPSA) is 46.5 Å². The standard InChI is InChI=1S/C11H14N4S/c16-11-12-13-14-15(11)10-5-6-4-9(10)8-3-1-2-7(6)8/h1,3,6-10H,2,4-5H2,(H,12,14,16)/t6-,7-,8-,9+,10+/m0/s1. The Balaban J connectivity index is 1.72. The molecule has 1 heterocycles. The first-order valence-electron chi connectivity index (χ1n) is 6.01. The van der Waals surface area contributed by atoms with Crippen molar-refractivity contribution >= 4 is 12.2 Å². The van der Waals surface area contributed by atoms with Crippen LogP contribution in [0.3, 0.4) is 0 Å². The molecule has 4 nitrogen and oxygen atoms in total. The maximum absolute atomic E-state index is 5.20. The van der Waals surface area contributed by atoms with Crippen molar-refractivity contribution in [3.05, 3.63) is 16.9 Å².